The van der Waals surface area contributed by atoms with Crippen molar-refractivity contribution in [2.75, 3.05) is 14.1 Å². The van der Waals surface area contributed by atoms with E-state index in [-0.39, 0.29) is 12.0 Å². The van der Waals surface area contributed by atoms with E-state index in [1.54, 1.807) is 19.0 Å². The summed E-state index contributed by atoms with van der Waals surface area (Å²) in [6.45, 7) is 1.94. The van der Waals surface area contributed by atoms with Gasteiger partial charge in [-0.25, -0.2) is 0 Å². The predicted octanol–water partition coefficient (Wildman–Crippen LogP) is 1.93. The second-order valence-corrected chi connectivity index (χ2v) is 3.56. The first-order chi connectivity index (χ1) is 7.15. The first-order valence-electron chi connectivity index (χ1n) is 5.08. The van der Waals surface area contributed by atoms with E-state index in [4.69, 9.17) is 4.74 Å². The van der Waals surface area contributed by atoms with Gasteiger partial charge in [-0.05, 0) is 18.6 Å². The maximum absolute atomic E-state index is 11.7. The zero-order valence-corrected chi connectivity index (χ0v) is 9.43. The molecule has 3 heteroatoms. The van der Waals surface area contributed by atoms with E-state index in [9.17, 15) is 4.79 Å². The fourth-order valence-electron chi connectivity index (χ4n) is 1.26. The van der Waals surface area contributed by atoms with E-state index in [1.165, 1.54) is 0 Å². The maximum atomic E-state index is 11.7. The Morgan fingerprint density at radius 1 is 1.33 bits per heavy atom. The average molecular weight is 207 g/mol. The fourth-order valence-corrected chi connectivity index (χ4v) is 1.26. The van der Waals surface area contributed by atoms with Crippen molar-refractivity contribution >= 4 is 5.91 Å². The lowest BCUT2D eigenvalue weighted by Gasteiger charge is -2.20. The second kappa shape index (κ2) is 5.39. The van der Waals surface area contributed by atoms with Crippen LogP contribution in [0.15, 0.2) is 30.3 Å². The van der Waals surface area contributed by atoms with Crippen LogP contribution in [-0.2, 0) is 4.79 Å². The minimum Gasteiger partial charge on any atom is -0.481 e. The third-order valence-electron chi connectivity index (χ3n) is 2.11. The number of carbonyl (C=O) groups excluding carboxylic acids is 1. The number of likely N-dealkylation sites (N-methyl/N-ethyl adjacent to an activating group) is 1. The molecule has 1 amide bonds. The van der Waals surface area contributed by atoms with Crippen molar-refractivity contribution in [1.29, 1.82) is 0 Å². The van der Waals surface area contributed by atoms with Gasteiger partial charge in [-0.3, -0.25) is 4.79 Å². The monoisotopic (exact) mass is 207 g/mol. The molecule has 0 saturated heterocycles. The first-order valence-corrected chi connectivity index (χ1v) is 5.08. The van der Waals surface area contributed by atoms with Gasteiger partial charge < -0.3 is 9.64 Å². The third-order valence-corrected chi connectivity index (χ3v) is 2.11. The lowest BCUT2D eigenvalue weighted by Crippen LogP contribution is -2.37. The lowest BCUT2D eigenvalue weighted by molar-refractivity contribution is -0.136. The Morgan fingerprint density at radius 3 is 2.40 bits per heavy atom. The van der Waals surface area contributed by atoms with E-state index in [2.05, 4.69) is 0 Å². The highest BCUT2D eigenvalue weighted by Gasteiger charge is 2.19. The van der Waals surface area contributed by atoms with Gasteiger partial charge in [0, 0.05) is 14.1 Å². The Morgan fingerprint density at radius 2 is 1.93 bits per heavy atom. The van der Waals surface area contributed by atoms with Gasteiger partial charge in [-0.1, -0.05) is 25.1 Å². The highest BCUT2D eigenvalue weighted by Crippen LogP contribution is 2.13. The molecule has 0 bridgehead atoms. The highest BCUT2D eigenvalue weighted by molar-refractivity contribution is 5.80. The van der Waals surface area contributed by atoms with E-state index < -0.39 is 0 Å². The Kier molecular flexibility index (Phi) is 4.16. The van der Waals surface area contributed by atoms with Gasteiger partial charge >= 0.3 is 0 Å². The van der Waals surface area contributed by atoms with Crippen LogP contribution in [0, 0.1) is 0 Å². The molecule has 1 aromatic carbocycles. The summed E-state index contributed by atoms with van der Waals surface area (Å²) in [6.07, 6.45) is 0.286. The Balaban J connectivity index is 2.66. The van der Waals surface area contributed by atoms with Crippen LogP contribution in [0.5, 0.6) is 5.75 Å². The van der Waals surface area contributed by atoms with Crippen LogP contribution in [0.1, 0.15) is 13.3 Å². The van der Waals surface area contributed by atoms with Crippen LogP contribution < -0.4 is 4.74 Å². The predicted molar refractivity (Wildman–Crippen MR) is 59.8 cm³/mol. The molecule has 1 rings (SSSR count). The van der Waals surface area contributed by atoms with Crippen molar-refractivity contribution in [3.05, 3.63) is 30.3 Å². The molecule has 0 radical (unpaired) electrons. The van der Waals surface area contributed by atoms with Gasteiger partial charge in [-0.2, -0.15) is 0 Å². The quantitative estimate of drug-likeness (QED) is 0.755. The first kappa shape index (κ1) is 11.6. The molecule has 0 unspecified atom stereocenters. The molecular formula is C12H17NO2. The molecule has 0 fully saturated rings. The summed E-state index contributed by atoms with van der Waals surface area (Å²) in [7, 11) is 3.47. The summed E-state index contributed by atoms with van der Waals surface area (Å²) in [4.78, 5) is 13.2. The van der Waals surface area contributed by atoms with Crippen molar-refractivity contribution in [3.63, 3.8) is 0 Å². The van der Waals surface area contributed by atoms with Gasteiger partial charge in [-0.15, -0.1) is 0 Å². The number of rotatable bonds is 4. The molecule has 0 spiro atoms. The third kappa shape index (κ3) is 3.27. The molecule has 0 aliphatic carbocycles. The topological polar surface area (TPSA) is 29.5 Å². The molecule has 1 aromatic rings. The molecule has 1 atom stereocenters. The second-order valence-electron chi connectivity index (χ2n) is 3.56. The molecule has 0 N–H and O–H groups in total. The van der Waals surface area contributed by atoms with Gasteiger partial charge in [0.15, 0.2) is 6.10 Å². The zero-order chi connectivity index (χ0) is 11.3. The van der Waals surface area contributed by atoms with E-state index in [0.717, 1.165) is 5.75 Å². The van der Waals surface area contributed by atoms with E-state index in [0.29, 0.717) is 6.42 Å². The summed E-state index contributed by atoms with van der Waals surface area (Å²) < 4.78 is 5.60. The largest absolute Gasteiger partial charge is 0.481 e. The van der Waals surface area contributed by atoms with Gasteiger partial charge in [0.25, 0.3) is 5.91 Å². The summed E-state index contributed by atoms with van der Waals surface area (Å²) in [5.41, 5.74) is 0. The maximum Gasteiger partial charge on any atom is 0.263 e. The number of hydrogen-bond donors (Lipinski definition) is 0. The standard InChI is InChI=1S/C12H17NO2/c1-4-11(12(14)13(2)3)15-10-8-6-5-7-9-10/h5-9,11H,4H2,1-3H3/t11-/m1/s1. The molecule has 82 valence electrons. The van der Waals surface area contributed by atoms with Crippen molar-refractivity contribution in [1.82, 2.24) is 4.90 Å². The highest BCUT2D eigenvalue weighted by atomic mass is 16.5. The van der Waals surface area contributed by atoms with Crippen LogP contribution >= 0.6 is 0 Å². The average Bonchev–Trinajstić information content (AvgIpc) is 2.26. The number of amides is 1. The van der Waals surface area contributed by atoms with Crippen LogP contribution in [0.25, 0.3) is 0 Å². The summed E-state index contributed by atoms with van der Waals surface area (Å²) >= 11 is 0. The van der Waals surface area contributed by atoms with Crippen molar-refractivity contribution in [3.8, 4) is 5.75 Å². The number of hydrogen-bond acceptors (Lipinski definition) is 2. The molecule has 0 aromatic heterocycles. The van der Waals surface area contributed by atoms with Crippen LogP contribution in [0.4, 0.5) is 0 Å². The fraction of sp³-hybridized carbons (Fsp3) is 0.417. The number of carbonyl (C=O) groups is 1. The van der Waals surface area contributed by atoms with Crippen LogP contribution in [-0.4, -0.2) is 31.0 Å². The SMILES string of the molecule is CC[C@@H](Oc1ccccc1)C(=O)N(C)C. The van der Waals surface area contributed by atoms with E-state index >= 15 is 0 Å². The zero-order valence-electron chi connectivity index (χ0n) is 9.43. The minimum atomic E-state index is -0.387. The van der Waals surface area contributed by atoms with Gasteiger partial charge in [0.05, 0.1) is 0 Å². The van der Waals surface area contributed by atoms with Crippen LogP contribution in [0.3, 0.4) is 0 Å². The number of para-hydroxylation sites is 1. The summed E-state index contributed by atoms with van der Waals surface area (Å²) in [6, 6.07) is 9.41. The molecule has 3 nitrogen and oxygen atoms in total. The summed E-state index contributed by atoms with van der Waals surface area (Å²) in [5, 5.41) is 0. The van der Waals surface area contributed by atoms with Crippen LogP contribution in [0.2, 0.25) is 0 Å². The molecule has 0 heterocycles. The molecule has 0 aliphatic heterocycles. The number of benzene rings is 1. The molecule has 15 heavy (non-hydrogen) atoms. The van der Waals surface area contributed by atoms with E-state index in [1.807, 2.05) is 37.3 Å². The number of nitrogens with zero attached hydrogens (tertiary/aromatic N) is 1. The normalized spacial score (nSPS) is 11.9. The molecular weight excluding hydrogens is 190 g/mol. The molecule has 0 saturated carbocycles. The van der Waals surface area contributed by atoms with Crippen molar-refractivity contribution in [2.45, 2.75) is 19.4 Å². The van der Waals surface area contributed by atoms with Crippen molar-refractivity contribution < 1.29 is 9.53 Å². The Hall–Kier alpha value is -1.51. The van der Waals surface area contributed by atoms with Gasteiger partial charge in [0.1, 0.15) is 5.75 Å². The van der Waals surface area contributed by atoms with Crippen molar-refractivity contribution in [2.24, 2.45) is 0 Å². The molecule has 0 aliphatic rings. The Labute approximate surface area is 90.7 Å². The number of ether oxygens (including phenoxy) is 1. The summed E-state index contributed by atoms with van der Waals surface area (Å²) in [5.74, 6) is 0.737. The Bertz CT molecular complexity index is 309. The lowest BCUT2D eigenvalue weighted by atomic mass is 10.2. The minimum absolute atomic E-state index is 0.00125. The smallest absolute Gasteiger partial charge is 0.263 e. The van der Waals surface area contributed by atoms with Gasteiger partial charge in [0.2, 0.25) is 0 Å².